The number of amides is 1. The number of aromatic amines is 1. The molecule has 2 N–H and O–H groups in total. The first-order valence-electron chi connectivity index (χ1n) is 6.26. The van der Waals surface area contributed by atoms with Crippen molar-refractivity contribution in [1.82, 2.24) is 15.4 Å². The Bertz CT molecular complexity index is 775. The molecule has 104 valence electrons. The van der Waals surface area contributed by atoms with Crippen molar-refractivity contribution in [3.8, 4) is 0 Å². The van der Waals surface area contributed by atoms with Crippen molar-refractivity contribution in [1.29, 1.82) is 0 Å². The van der Waals surface area contributed by atoms with E-state index in [1.165, 1.54) is 6.21 Å². The van der Waals surface area contributed by atoms with Crippen LogP contribution in [-0.2, 0) is 0 Å². The van der Waals surface area contributed by atoms with Gasteiger partial charge in [0.25, 0.3) is 0 Å². The summed E-state index contributed by atoms with van der Waals surface area (Å²) in [6.07, 6.45) is 1.54. The highest BCUT2D eigenvalue weighted by Crippen LogP contribution is 2.10. The average molecular weight is 299 g/mol. The molecule has 3 rings (SSSR count). The molecule has 0 aliphatic rings. The number of hydrazone groups is 1. The van der Waals surface area contributed by atoms with Gasteiger partial charge in [-0.2, -0.15) is 5.10 Å². The van der Waals surface area contributed by atoms with E-state index in [0.29, 0.717) is 5.02 Å². The second-order valence-electron chi connectivity index (χ2n) is 4.35. The van der Waals surface area contributed by atoms with Gasteiger partial charge in [0.05, 0.1) is 17.2 Å². The van der Waals surface area contributed by atoms with Crippen LogP contribution in [0.25, 0.3) is 11.0 Å². The summed E-state index contributed by atoms with van der Waals surface area (Å²) in [6, 6.07) is 14.5. The molecule has 1 aromatic heterocycles. The lowest BCUT2D eigenvalue weighted by atomic mass is 10.2. The SMILES string of the molecule is O=C(N/N=C/c1ccc(Cl)cc1)c1nc2ccccc2[nH]1. The van der Waals surface area contributed by atoms with Gasteiger partial charge in [-0.1, -0.05) is 35.9 Å². The fourth-order valence-corrected chi connectivity index (χ4v) is 1.95. The zero-order valence-electron chi connectivity index (χ0n) is 10.9. The molecule has 0 spiro atoms. The quantitative estimate of drug-likeness (QED) is 0.576. The molecule has 0 bridgehead atoms. The smallest absolute Gasteiger partial charge is 0.307 e. The Balaban J connectivity index is 1.70. The first-order chi connectivity index (χ1) is 10.2. The molecule has 0 saturated carbocycles. The van der Waals surface area contributed by atoms with Gasteiger partial charge in [-0.3, -0.25) is 4.79 Å². The molecule has 0 aliphatic carbocycles. The lowest BCUT2D eigenvalue weighted by molar-refractivity contribution is 0.0946. The number of benzene rings is 2. The van der Waals surface area contributed by atoms with E-state index in [4.69, 9.17) is 11.6 Å². The van der Waals surface area contributed by atoms with E-state index in [0.717, 1.165) is 16.6 Å². The van der Waals surface area contributed by atoms with E-state index >= 15 is 0 Å². The predicted molar refractivity (Wildman–Crippen MR) is 82.6 cm³/mol. The highest BCUT2D eigenvalue weighted by Gasteiger charge is 2.09. The minimum absolute atomic E-state index is 0.226. The molecule has 0 atom stereocenters. The fourth-order valence-electron chi connectivity index (χ4n) is 1.83. The molecule has 21 heavy (non-hydrogen) atoms. The Morgan fingerprint density at radius 2 is 1.95 bits per heavy atom. The normalized spacial score (nSPS) is 11.1. The summed E-state index contributed by atoms with van der Waals surface area (Å²) in [5.74, 6) is -0.166. The second-order valence-corrected chi connectivity index (χ2v) is 4.79. The van der Waals surface area contributed by atoms with Gasteiger partial charge in [0, 0.05) is 5.02 Å². The number of carbonyl (C=O) groups excluding carboxylic acids is 1. The van der Waals surface area contributed by atoms with Crippen LogP contribution in [0.1, 0.15) is 16.2 Å². The molecule has 0 fully saturated rings. The van der Waals surface area contributed by atoms with Crippen molar-refractivity contribution in [2.45, 2.75) is 0 Å². The summed E-state index contributed by atoms with van der Waals surface area (Å²) in [4.78, 5) is 19.0. The number of halogens is 1. The predicted octanol–water partition coefficient (Wildman–Crippen LogP) is 2.98. The van der Waals surface area contributed by atoms with E-state index in [1.54, 1.807) is 24.3 Å². The van der Waals surface area contributed by atoms with Crippen LogP contribution in [0.2, 0.25) is 5.02 Å². The molecule has 0 unspecified atom stereocenters. The van der Waals surface area contributed by atoms with Crippen molar-refractivity contribution in [2.75, 3.05) is 0 Å². The minimum Gasteiger partial charge on any atom is -0.334 e. The van der Waals surface area contributed by atoms with Crippen molar-refractivity contribution in [3.05, 3.63) is 64.9 Å². The number of fused-ring (bicyclic) bond motifs is 1. The first kappa shape index (κ1) is 13.3. The maximum Gasteiger partial charge on any atom is 0.307 e. The van der Waals surface area contributed by atoms with Gasteiger partial charge in [-0.05, 0) is 29.8 Å². The number of imidazole rings is 1. The Morgan fingerprint density at radius 1 is 1.19 bits per heavy atom. The van der Waals surface area contributed by atoms with Gasteiger partial charge in [0.15, 0.2) is 5.82 Å². The Labute approximate surface area is 125 Å². The summed E-state index contributed by atoms with van der Waals surface area (Å²) in [5.41, 5.74) is 4.81. The fraction of sp³-hybridized carbons (Fsp3) is 0. The zero-order valence-corrected chi connectivity index (χ0v) is 11.6. The molecule has 3 aromatic rings. The van der Waals surface area contributed by atoms with Crippen LogP contribution in [0, 0.1) is 0 Å². The number of para-hydroxylation sites is 2. The third-order valence-electron chi connectivity index (χ3n) is 2.85. The summed E-state index contributed by atoms with van der Waals surface area (Å²) in [5, 5.41) is 4.54. The number of aromatic nitrogens is 2. The monoisotopic (exact) mass is 298 g/mol. The van der Waals surface area contributed by atoms with Crippen LogP contribution >= 0.6 is 11.6 Å². The molecule has 1 heterocycles. The summed E-state index contributed by atoms with van der Waals surface area (Å²) in [6.45, 7) is 0. The third kappa shape index (κ3) is 3.09. The Kier molecular flexibility index (Phi) is 3.66. The first-order valence-corrected chi connectivity index (χ1v) is 6.64. The topological polar surface area (TPSA) is 70.1 Å². The van der Waals surface area contributed by atoms with Crippen molar-refractivity contribution < 1.29 is 4.79 Å². The van der Waals surface area contributed by atoms with Crippen molar-refractivity contribution in [3.63, 3.8) is 0 Å². The molecule has 0 aliphatic heterocycles. The van der Waals surface area contributed by atoms with E-state index in [2.05, 4.69) is 20.5 Å². The lowest BCUT2D eigenvalue weighted by Gasteiger charge is -1.95. The molecule has 5 nitrogen and oxygen atoms in total. The van der Waals surface area contributed by atoms with Crippen LogP contribution in [0.4, 0.5) is 0 Å². The van der Waals surface area contributed by atoms with Crippen molar-refractivity contribution >= 4 is 34.8 Å². The number of nitrogens with zero attached hydrogens (tertiary/aromatic N) is 2. The molecule has 1 amide bonds. The molecule has 0 saturated heterocycles. The Morgan fingerprint density at radius 3 is 2.71 bits per heavy atom. The third-order valence-corrected chi connectivity index (χ3v) is 3.11. The van der Waals surface area contributed by atoms with Gasteiger partial charge < -0.3 is 4.98 Å². The van der Waals surface area contributed by atoms with Gasteiger partial charge in [0.2, 0.25) is 0 Å². The number of H-pyrrole nitrogens is 1. The maximum absolute atomic E-state index is 11.9. The van der Waals surface area contributed by atoms with E-state index in [-0.39, 0.29) is 5.82 Å². The number of carbonyl (C=O) groups is 1. The van der Waals surface area contributed by atoms with E-state index < -0.39 is 5.91 Å². The van der Waals surface area contributed by atoms with Crippen LogP contribution in [0.3, 0.4) is 0 Å². The average Bonchev–Trinajstić information content (AvgIpc) is 2.93. The lowest BCUT2D eigenvalue weighted by Crippen LogP contribution is -2.19. The standard InChI is InChI=1S/C15H11ClN4O/c16-11-7-5-10(6-8-11)9-17-20-15(21)14-18-12-3-1-2-4-13(12)19-14/h1-9H,(H,18,19)(H,20,21)/b17-9+. The molecule has 2 aromatic carbocycles. The number of hydrogen-bond acceptors (Lipinski definition) is 3. The van der Waals surface area contributed by atoms with Crippen LogP contribution in [0.5, 0.6) is 0 Å². The van der Waals surface area contributed by atoms with Crippen LogP contribution in [-0.4, -0.2) is 22.1 Å². The molecule has 6 heteroatoms. The summed E-state index contributed by atoms with van der Waals surface area (Å²) in [7, 11) is 0. The second kappa shape index (κ2) is 5.76. The minimum atomic E-state index is -0.392. The highest BCUT2D eigenvalue weighted by atomic mass is 35.5. The highest BCUT2D eigenvalue weighted by molar-refractivity contribution is 6.30. The Hall–Kier alpha value is -2.66. The largest absolute Gasteiger partial charge is 0.334 e. The number of rotatable bonds is 3. The summed E-state index contributed by atoms with van der Waals surface area (Å²) < 4.78 is 0. The van der Waals surface area contributed by atoms with Gasteiger partial charge in [-0.15, -0.1) is 0 Å². The van der Waals surface area contributed by atoms with Crippen molar-refractivity contribution in [2.24, 2.45) is 5.10 Å². The molecular weight excluding hydrogens is 288 g/mol. The van der Waals surface area contributed by atoms with Crippen LogP contribution < -0.4 is 5.43 Å². The number of hydrogen-bond donors (Lipinski definition) is 2. The van der Waals surface area contributed by atoms with E-state index in [9.17, 15) is 4.79 Å². The zero-order chi connectivity index (χ0) is 14.7. The van der Waals surface area contributed by atoms with Gasteiger partial charge >= 0.3 is 5.91 Å². The maximum atomic E-state index is 11.9. The van der Waals surface area contributed by atoms with E-state index in [1.807, 2.05) is 24.3 Å². The molecule has 0 radical (unpaired) electrons. The van der Waals surface area contributed by atoms with Gasteiger partial charge in [0.1, 0.15) is 0 Å². The summed E-state index contributed by atoms with van der Waals surface area (Å²) >= 11 is 5.79. The molecular formula is C15H11ClN4O. The number of nitrogens with one attached hydrogen (secondary N) is 2. The van der Waals surface area contributed by atoms with Crippen LogP contribution in [0.15, 0.2) is 53.6 Å². The van der Waals surface area contributed by atoms with Gasteiger partial charge in [-0.25, -0.2) is 10.4 Å².